The number of hydrogen-bond donors (Lipinski definition) is 1. The highest BCUT2D eigenvalue weighted by Gasteiger charge is 2.17. The molecule has 0 spiro atoms. The lowest BCUT2D eigenvalue weighted by Crippen LogP contribution is -2.30. The van der Waals surface area contributed by atoms with E-state index in [9.17, 15) is 4.79 Å². The monoisotopic (exact) mass is 412 g/mol. The number of amides is 1. The van der Waals surface area contributed by atoms with E-state index in [0.29, 0.717) is 28.6 Å². The lowest BCUT2D eigenvalue weighted by atomic mass is 10.1. The van der Waals surface area contributed by atoms with Crippen molar-refractivity contribution in [3.63, 3.8) is 0 Å². The maximum atomic E-state index is 12.9. The molecule has 1 heterocycles. The van der Waals surface area contributed by atoms with E-state index in [0.717, 1.165) is 16.7 Å². The molecule has 0 unspecified atom stereocenters. The summed E-state index contributed by atoms with van der Waals surface area (Å²) in [6.07, 6.45) is 0. The molecule has 29 heavy (non-hydrogen) atoms. The van der Waals surface area contributed by atoms with Crippen molar-refractivity contribution in [2.45, 2.75) is 20.0 Å². The molecule has 3 rings (SSSR count). The normalized spacial score (nSPS) is 10.6. The molecule has 0 aliphatic heterocycles. The molecule has 0 aliphatic rings. The summed E-state index contributed by atoms with van der Waals surface area (Å²) in [5.41, 5.74) is 2.94. The highest BCUT2D eigenvalue weighted by atomic mass is 32.1. The number of aromatic nitrogens is 3. The fourth-order valence-corrected chi connectivity index (χ4v) is 3.17. The number of carbonyl (C=O) groups is 1. The summed E-state index contributed by atoms with van der Waals surface area (Å²) in [6.45, 7) is 2.51. The van der Waals surface area contributed by atoms with E-state index in [2.05, 4.69) is 10.2 Å². The van der Waals surface area contributed by atoms with E-state index in [1.54, 1.807) is 36.8 Å². The van der Waals surface area contributed by atoms with Crippen LogP contribution in [0.1, 0.15) is 11.1 Å². The summed E-state index contributed by atoms with van der Waals surface area (Å²) >= 11 is 5.34. The first-order chi connectivity index (χ1) is 13.9. The number of H-pyrrole nitrogens is 1. The minimum atomic E-state index is -0.0891. The van der Waals surface area contributed by atoms with Gasteiger partial charge < -0.3 is 14.4 Å². The molecule has 1 aromatic heterocycles. The van der Waals surface area contributed by atoms with Gasteiger partial charge in [-0.25, -0.2) is 0 Å². The number of rotatable bonds is 7. The number of aromatic amines is 1. The Morgan fingerprint density at radius 3 is 2.55 bits per heavy atom. The van der Waals surface area contributed by atoms with Crippen molar-refractivity contribution in [3.8, 4) is 22.9 Å². The third-order valence-corrected chi connectivity index (χ3v) is 5.00. The number of methoxy groups -OCH3 is 2. The second kappa shape index (κ2) is 8.91. The van der Waals surface area contributed by atoms with Crippen LogP contribution in [0.5, 0.6) is 11.5 Å². The van der Waals surface area contributed by atoms with Gasteiger partial charge in [0.05, 0.1) is 14.2 Å². The predicted molar refractivity (Wildman–Crippen MR) is 114 cm³/mol. The van der Waals surface area contributed by atoms with Crippen molar-refractivity contribution in [1.82, 2.24) is 19.7 Å². The van der Waals surface area contributed by atoms with Crippen LogP contribution < -0.4 is 9.47 Å². The SMILES string of the molecule is COc1ccc(CN(C)C(=O)Cn2c(-c3ccc(C)cc3)n[nH]c2=S)c(OC)c1. The molecule has 0 aliphatic carbocycles. The van der Waals surface area contributed by atoms with Gasteiger partial charge in [-0.2, -0.15) is 5.10 Å². The first kappa shape index (κ1) is 20.6. The molecule has 0 saturated carbocycles. The Kier molecular flexibility index (Phi) is 6.33. The van der Waals surface area contributed by atoms with E-state index in [1.807, 2.05) is 43.3 Å². The van der Waals surface area contributed by atoms with Gasteiger partial charge in [-0.15, -0.1) is 0 Å². The Balaban J connectivity index is 1.78. The second-order valence-corrected chi connectivity index (χ2v) is 7.12. The van der Waals surface area contributed by atoms with Crippen LogP contribution in [0.25, 0.3) is 11.4 Å². The summed E-state index contributed by atoms with van der Waals surface area (Å²) in [6, 6.07) is 13.5. The van der Waals surface area contributed by atoms with Crippen LogP contribution >= 0.6 is 12.2 Å². The van der Waals surface area contributed by atoms with Crippen molar-refractivity contribution < 1.29 is 14.3 Å². The van der Waals surface area contributed by atoms with Crippen molar-refractivity contribution in [2.75, 3.05) is 21.3 Å². The summed E-state index contributed by atoms with van der Waals surface area (Å²) in [7, 11) is 4.95. The lowest BCUT2D eigenvalue weighted by Gasteiger charge is -2.20. The Bertz CT molecular complexity index is 1060. The van der Waals surface area contributed by atoms with E-state index in [1.165, 1.54) is 0 Å². The van der Waals surface area contributed by atoms with Crippen LogP contribution in [-0.2, 0) is 17.9 Å². The number of ether oxygens (including phenoxy) is 2. The van der Waals surface area contributed by atoms with Gasteiger partial charge in [-0.3, -0.25) is 14.5 Å². The van der Waals surface area contributed by atoms with E-state index in [-0.39, 0.29) is 12.5 Å². The average Bonchev–Trinajstić information content (AvgIpc) is 3.09. The number of benzene rings is 2. The summed E-state index contributed by atoms with van der Waals surface area (Å²) in [5, 5.41) is 7.09. The number of aryl methyl sites for hydroxylation is 1. The van der Waals surface area contributed by atoms with E-state index in [4.69, 9.17) is 21.7 Å². The fraction of sp³-hybridized carbons (Fsp3) is 0.286. The summed E-state index contributed by atoms with van der Waals surface area (Å²) < 4.78 is 12.8. The largest absolute Gasteiger partial charge is 0.497 e. The Labute approximate surface area is 174 Å². The van der Waals surface area contributed by atoms with Crippen LogP contribution in [-0.4, -0.2) is 46.8 Å². The van der Waals surface area contributed by atoms with Crippen molar-refractivity contribution in [2.24, 2.45) is 0 Å². The molecule has 0 radical (unpaired) electrons. The lowest BCUT2D eigenvalue weighted by molar-refractivity contribution is -0.131. The van der Waals surface area contributed by atoms with Crippen LogP contribution in [0, 0.1) is 11.7 Å². The van der Waals surface area contributed by atoms with Crippen molar-refractivity contribution in [3.05, 3.63) is 58.4 Å². The van der Waals surface area contributed by atoms with Gasteiger partial charge in [0.15, 0.2) is 10.6 Å². The topological polar surface area (TPSA) is 72.4 Å². The third kappa shape index (κ3) is 4.65. The maximum Gasteiger partial charge on any atom is 0.242 e. The molecule has 0 fully saturated rings. The molecular weight excluding hydrogens is 388 g/mol. The van der Waals surface area contributed by atoms with Gasteiger partial charge in [0.1, 0.15) is 18.0 Å². The zero-order valence-corrected chi connectivity index (χ0v) is 17.7. The number of nitrogens with zero attached hydrogens (tertiary/aromatic N) is 3. The molecule has 152 valence electrons. The zero-order chi connectivity index (χ0) is 21.0. The quantitative estimate of drug-likeness (QED) is 0.601. The first-order valence-electron chi connectivity index (χ1n) is 9.10. The van der Waals surface area contributed by atoms with Crippen LogP contribution in [0.15, 0.2) is 42.5 Å². The summed E-state index contributed by atoms with van der Waals surface area (Å²) in [4.78, 5) is 14.5. The van der Waals surface area contributed by atoms with Crippen LogP contribution in [0.3, 0.4) is 0 Å². The van der Waals surface area contributed by atoms with Crippen molar-refractivity contribution >= 4 is 18.1 Å². The second-order valence-electron chi connectivity index (χ2n) is 6.73. The first-order valence-corrected chi connectivity index (χ1v) is 9.51. The molecular formula is C21H24N4O3S. The van der Waals surface area contributed by atoms with Gasteiger partial charge >= 0.3 is 0 Å². The molecule has 7 nitrogen and oxygen atoms in total. The van der Waals surface area contributed by atoms with Gasteiger partial charge in [0.2, 0.25) is 5.91 Å². The minimum absolute atomic E-state index is 0.0891. The predicted octanol–water partition coefficient (Wildman–Crippen LogP) is 3.59. The van der Waals surface area contributed by atoms with E-state index >= 15 is 0 Å². The molecule has 1 N–H and O–H groups in total. The molecule has 0 saturated heterocycles. The average molecular weight is 413 g/mol. The van der Waals surface area contributed by atoms with Gasteiger partial charge in [-0.05, 0) is 31.3 Å². The molecule has 3 aromatic rings. The number of carbonyl (C=O) groups excluding carboxylic acids is 1. The van der Waals surface area contributed by atoms with Crippen LogP contribution in [0.2, 0.25) is 0 Å². The fourth-order valence-electron chi connectivity index (χ4n) is 2.97. The Hall–Kier alpha value is -3.13. The Morgan fingerprint density at radius 2 is 1.90 bits per heavy atom. The molecule has 2 aromatic carbocycles. The number of hydrogen-bond acceptors (Lipinski definition) is 5. The number of likely N-dealkylation sites (N-methyl/N-ethyl adjacent to an activating group) is 1. The Morgan fingerprint density at radius 1 is 1.17 bits per heavy atom. The molecule has 0 atom stereocenters. The van der Waals surface area contributed by atoms with Gasteiger partial charge in [0.25, 0.3) is 0 Å². The smallest absolute Gasteiger partial charge is 0.242 e. The van der Waals surface area contributed by atoms with Crippen molar-refractivity contribution in [1.29, 1.82) is 0 Å². The molecule has 8 heteroatoms. The minimum Gasteiger partial charge on any atom is -0.497 e. The van der Waals surface area contributed by atoms with E-state index < -0.39 is 0 Å². The van der Waals surface area contributed by atoms with Gasteiger partial charge in [0, 0.05) is 30.8 Å². The standard InChI is InChI=1S/C21H24N4O3S/c1-14-5-7-15(8-6-14)20-22-23-21(29)25(20)13-19(26)24(2)12-16-9-10-17(27-3)11-18(16)28-4/h5-11H,12-13H2,1-4H3,(H,23,29). The van der Waals surface area contributed by atoms with Gasteiger partial charge in [-0.1, -0.05) is 29.8 Å². The highest BCUT2D eigenvalue weighted by molar-refractivity contribution is 7.71. The zero-order valence-electron chi connectivity index (χ0n) is 16.9. The number of nitrogens with one attached hydrogen (secondary N) is 1. The van der Waals surface area contributed by atoms with Crippen LogP contribution in [0.4, 0.5) is 0 Å². The third-order valence-electron chi connectivity index (χ3n) is 4.69. The summed E-state index contributed by atoms with van der Waals surface area (Å²) in [5.74, 6) is 1.92. The maximum absolute atomic E-state index is 12.9. The molecule has 1 amide bonds. The molecule has 0 bridgehead atoms. The highest BCUT2D eigenvalue weighted by Crippen LogP contribution is 2.25.